The van der Waals surface area contributed by atoms with Gasteiger partial charge in [0.05, 0.1) is 0 Å². The highest BCUT2D eigenvalue weighted by Gasteiger charge is 2.30. The third kappa shape index (κ3) is 4.19. The summed E-state index contributed by atoms with van der Waals surface area (Å²) in [6.07, 6.45) is 8.61. The van der Waals surface area contributed by atoms with Crippen molar-refractivity contribution in [3.05, 3.63) is 0 Å². The molecule has 0 aromatic heterocycles. The summed E-state index contributed by atoms with van der Waals surface area (Å²) in [6, 6.07) is 1.51. The van der Waals surface area contributed by atoms with Crippen molar-refractivity contribution in [1.29, 1.82) is 0 Å². The van der Waals surface area contributed by atoms with Gasteiger partial charge in [0, 0.05) is 25.2 Å². The molecule has 2 rings (SSSR count). The Labute approximate surface area is 126 Å². The molecule has 2 aliphatic rings. The molecule has 3 nitrogen and oxygen atoms in total. The van der Waals surface area contributed by atoms with Crippen LogP contribution >= 0.6 is 0 Å². The van der Waals surface area contributed by atoms with Crippen LogP contribution in [0.4, 0.5) is 0 Å². The highest BCUT2D eigenvalue weighted by atomic mass is 15.3. The molecule has 1 heterocycles. The van der Waals surface area contributed by atoms with Crippen LogP contribution in [0.2, 0.25) is 0 Å². The summed E-state index contributed by atoms with van der Waals surface area (Å²) < 4.78 is 0. The molecular weight excluding hydrogens is 246 g/mol. The van der Waals surface area contributed by atoms with Gasteiger partial charge in [0.1, 0.15) is 0 Å². The van der Waals surface area contributed by atoms with Crippen LogP contribution < -0.4 is 5.32 Å². The second kappa shape index (κ2) is 8.35. The minimum absolute atomic E-state index is 0.714. The van der Waals surface area contributed by atoms with Gasteiger partial charge in [-0.3, -0.25) is 4.90 Å². The first-order valence-corrected chi connectivity index (χ1v) is 8.92. The zero-order valence-electron chi connectivity index (χ0n) is 13.9. The maximum atomic E-state index is 3.62. The monoisotopic (exact) mass is 281 g/mol. The lowest BCUT2D eigenvalue weighted by molar-refractivity contribution is 0.184. The molecule has 2 unspecified atom stereocenters. The van der Waals surface area contributed by atoms with Crippen LogP contribution in [0, 0.1) is 5.92 Å². The van der Waals surface area contributed by atoms with Gasteiger partial charge >= 0.3 is 0 Å². The predicted molar refractivity (Wildman–Crippen MR) is 87.2 cm³/mol. The molecule has 1 aliphatic carbocycles. The van der Waals surface area contributed by atoms with Crippen LogP contribution in [0.3, 0.4) is 0 Å². The number of likely N-dealkylation sites (tertiary alicyclic amines) is 1. The van der Waals surface area contributed by atoms with Crippen molar-refractivity contribution in [2.24, 2.45) is 5.92 Å². The van der Waals surface area contributed by atoms with Crippen molar-refractivity contribution in [1.82, 2.24) is 15.1 Å². The maximum absolute atomic E-state index is 3.62. The minimum atomic E-state index is 0.714. The van der Waals surface area contributed by atoms with E-state index in [0.29, 0.717) is 6.04 Å². The van der Waals surface area contributed by atoms with Gasteiger partial charge < -0.3 is 10.2 Å². The predicted octanol–water partition coefficient (Wildman–Crippen LogP) is 2.57. The molecule has 2 fully saturated rings. The topological polar surface area (TPSA) is 18.5 Å². The summed E-state index contributed by atoms with van der Waals surface area (Å²) in [5.41, 5.74) is 0. The number of rotatable bonds is 7. The van der Waals surface area contributed by atoms with Crippen LogP contribution in [0.1, 0.15) is 52.4 Å². The Balaban J connectivity index is 1.80. The van der Waals surface area contributed by atoms with Crippen LogP contribution in [-0.2, 0) is 0 Å². The van der Waals surface area contributed by atoms with Gasteiger partial charge in [-0.25, -0.2) is 0 Å². The molecule has 0 spiro atoms. The van der Waals surface area contributed by atoms with E-state index < -0.39 is 0 Å². The van der Waals surface area contributed by atoms with E-state index in [1.165, 1.54) is 71.2 Å². The lowest BCUT2D eigenvalue weighted by Gasteiger charge is -2.33. The lowest BCUT2D eigenvalue weighted by atomic mass is 9.83. The zero-order chi connectivity index (χ0) is 14.4. The molecule has 0 aromatic carbocycles. The average molecular weight is 281 g/mol. The molecule has 1 aliphatic heterocycles. The van der Waals surface area contributed by atoms with E-state index in [0.717, 1.165) is 12.0 Å². The number of hydrogen-bond donors (Lipinski definition) is 1. The Kier molecular flexibility index (Phi) is 6.79. The standard InChI is InChI=1S/C17H35N3/c1-4-20(5-2)16-11-12-19(13-16)14-17(18-3)15-9-7-6-8-10-15/h15-18H,4-14H2,1-3H3. The van der Waals surface area contributed by atoms with Crippen molar-refractivity contribution in [2.45, 2.75) is 64.5 Å². The molecular formula is C17H35N3. The van der Waals surface area contributed by atoms with Crippen LogP contribution in [-0.4, -0.2) is 61.7 Å². The smallest absolute Gasteiger partial charge is 0.0235 e. The largest absolute Gasteiger partial charge is 0.315 e. The molecule has 0 radical (unpaired) electrons. The van der Waals surface area contributed by atoms with Crippen molar-refractivity contribution >= 4 is 0 Å². The second-order valence-corrected chi connectivity index (χ2v) is 6.72. The summed E-state index contributed by atoms with van der Waals surface area (Å²) >= 11 is 0. The third-order valence-corrected chi connectivity index (χ3v) is 5.62. The van der Waals surface area contributed by atoms with Gasteiger partial charge in [-0.2, -0.15) is 0 Å². The molecule has 0 bridgehead atoms. The van der Waals surface area contributed by atoms with E-state index in [2.05, 4.69) is 36.0 Å². The molecule has 1 saturated heterocycles. The quantitative estimate of drug-likeness (QED) is 0.774. The van der Waals surface area contributed by atoms with E-state index in [-0.39, 0.29) is 0 Å². The number of nitrogens with one attached hydrogen (secondary N) is 1. The first-order valence-electron chi connectivity index (χ1n) is 8.92. The second-order valence-electron chi connectivity index (χ2n) is 6.72. The van der Waals surface area contributed by atoms with Crippen LogP contribution in [0.25, 0.3) is 0 Å². The molecule has 118 valence electrons. The van der Waals surface area contributed by atoms with Crippen molar-refractivity contribution in [2.75, 3.05) is 39.8 Å². The van der Waals surface area contributed by atoms with E-state index in [4.69, 9.17) is 0 Å². The van der Waals surface area contributed by atoms with E-state index >= 15 is 0 Å². The molecule has 1 saturated carbocycles. The Morgan fingerprint density at radius 1 is 1.10 bits per heavy atom. The van der Waals surface area contributed by atoms with E-state index in [1.54, 1.807) is 0 Å². The Bertz CT molecular complexity index is 259. The number of nitrogens with zero attached hydrogens (tertiary/aromatic N) is 2. The van der Waals surface area contributed by atoms with Gasteiger partial charge in [-0.1, -0.05) is 33.1 Å². The van der Waals surface area contributed by atoms with Crippen molar-refractivity contribution < 1.29 is 0 Å². The first kappa shape index (κ1) is 16.3. The molecule has 3 heteroatoms. The van der Waals surface area contributed by atoms with Gasteiger partial charge in [-0.15, -0.1) is 0 Å². The maximum Gasteiger partial charge on any atom is 0.0235 e. The summed E-state index contributed by atoms with van der Waals surface area (Å²) in [6.45, 7) is 10.8. The zero-order valence-corrected chi connectivity index (χ0v) is 13.9. The van der Waals surface area contributed by atoms with Crippen LogP contribution in [0.15, 0.2) is 0 Å². The highest BCUT2D eigenvalue weighted by molar-refractivity contribution is 4.87. The molecule has 0 aromatic rings. The Morgan fingerprint density at radius 2 is 1.80 bits per heavy atom. The van der Waals surface area contributed by atoms with Crippen LogP contribution in [0.5, 0.6) is 0 Å². The van der Waals surface area contributed by atoms with Gasteiger partial charge in [0.15, 0.2) is 0 Å². The highest BCUT2D eigenvalue weighted by Crippen LogP contribution is 2.27. The number of likely N-dealkylation sites (N-methyl/N-ethyl adjacent to an activating group) is 2. The Morgan fingerprint density at radius 3 is 2.40 bits per heavy atom. The van der Waals surface area contributed by atoms with Crippen molar-refractivity contribution in [3.8, 4) is 0 Å². The summed E-state index contributed by atoms with van der Waals surface area (Å²) in [5, 5.41) is 3.62. The third-order valence-electron chi connectivity index (χ3n) is 5.62. The normalized spacial score (nSPS) is 27.3. The van der Waals surface area contributed by atoms with Gasteiger partial charge in [0.25, 0.3) is 0 Å². The molecule has 1 N–H and O–H groups in total. The number of hydrogen-bond acceptors (Lipinski definition) is 3. The molecule has 2 atom stereocenters. The summed E-state index contributed by atoms with van der Waals surface area (Å²) in [5.74, 6) is 0.918. The summed E-state index contributed by atoms with van der Waals surface area (Å²) in [4.78, 5) is 5.34. The van der Waals surface area contributed by atoms with Gasteiger partial charge in [-0.05, 0) is 51.9 Å². The molecule has 20 heavy (non-hydrogen) atoms. The van der Waals surface area contributed by atoms with Crippen molar-refractivity contribution in [3.63, 3.8) is 0 Å². The first-order chi connectivity index (χ1) is 9.78. The van der Waals surface area contributed by atoms with Gasteiger partial charge in [0.2, 0.25) is 0 Å². The molecule has 0 amide bonds. The Hall–Kier alpha value is -0.120. The summed E-state index contributed by atoms with van der Waals surface area (Å²) in [7, 11) is 2.16. The van der Waals surface area contributed by atoms with E-state index in [1.807, 2.05) is 0 Å². The average Bonchev–Trinajstić information content (AvgIpc) is 2.95. The fourth-order valence-corrected chi connectivity index (χ4v) is 4.31. The van der Waals surface area contributed by atoms with E-state index in [9.17, 15) is 0 Å². The fourth-order valence-electron chi connectivity index (χ4n) is 4.31. The minimum Gasteiger partial charge on any atom is -0.315 e. The fraction of sp³-hybridized carbons (Fsp3) is 1.00. The SMILES string of the molecule is CCN(CC)C1CCN(CC(NC)C2CCCCC2)C1. The lowest BCUT2D eigenvalue weighted by Crippen LogP contribution is -2.45.